The molecule has 0 bridgehead atoms. The first-order chi connectivity index (χ1) is 8.05. The maximum absolute atomic E-state index is 11.8. The quantitative estimate of drug-likeness (QED) is 0.806. The van der Waals surface area contributed by atoms with E-state index in [2.05, 4.69) is 20.2 Å². The van der Waals surface area contributed by atoms with Gasteiger partial charge in [-0.3, -0.25) is 0 Å². The standard InChI is InChI=1S/C9H16N4O3S/c1-7-11-12-9(16-7)13-17(14,15)6-8-4-2-3-5-10-8/h8,10H,2-6H2,1H3,(H,12,13). The molecule has 2 N–H and O–H groups in total. The van der Waals surface area contributed by atoms with Crippen LogP contribution in [-0.2, 0) is 10.0 Å². The molecule has 0 spiro atoms. The number of piperidine rings is 1. The predicted octanol–water partition coefficient (Wildman–Crippen LogP) is 0.262. The van der Waals surface area contributed by atoms with Crippen molar-refractivity contribution in [3.05, 3.63) is 5.89 Å². The maximum Gasteiger partial charge on any atom is 0.329 e. The molecule has 0 amide bonds. The molecule has 1 aliphatic rings. The van der Waals surface area contributed by atoms with Gasteiger partial charge in [-0.2, -0.15) is 0 Å². The van der Waals surface area contributed by atoms with Crippen molar-refractivity contribution in [1.82, 2.24) is 15.5 Å². The molecule has 2 rings (SSSR count). The average Bonchev–Trinajstić information content (AvgIpc) is 2.63. The average molecular weight is 260 g/mol. The fraction of sp³-hybridized carbons (Fsp3) is 0.778. The van der Waals surface area contributed by atoms with Crippen molar-refractivity contribution in [2.75, 3.05) is 17.0 Å². The predicted molar refractivity (Wildman–Crippen MR) is 62.1 cm³/mol. The van der Waals surface area contributed by atoms with E-state index in [-0.39, 0.29) is 17.8 Å². The van der Waals surface area contributed by atoms with Crippen molar-refractivity contribution >= 4 is 16.0 Å². The largest absolute Gasteiger partial charge is 0.408 e. The molecule has 1 aliphatic heterocycles. The summed E-state index contributed by atoms with van der Waals surface area (Å²) in [4.78, 5) is 0. The minimum Gasteiger partial charge on any atom is -0.408 e. The second-order valence-corrected chi connectivity index (χ2v) is 5.92. The van der Waals surface area contributed by atoms with Crippen molar-refractivity contribution < 1.29 is 12.8 Å². The van der Waals surface area contributed by atoms with Gasteiger partial charge < -0.3 is 9.73 Å². The van der Waals surface area contributed by atoms with Crippen LogP contribution in [0.3, 0.4) is 0 Å². The Morgan fingerprint density at radius 1 is 1.47 bits per heavy atom. The molecule has 1 fully saturated rings. The molecule has 17 heavy (non-hydrogen) atoms. The Morgan fingerprint density at radius 2 is 2.29 bits per heavy atom. The normalized spacial score (nSPS) is 21.4. The number of rotatable bonds is 4. The summed E-state index contributed by atoms with van der Waals surface area (Å²) in [6.45, 7) is 2.48. The molecule has 1 aromatic heterocycles. The lowest BCUT2D eigenvalue weighted by molar-refractivity contribution is 0.424. The number of aryl methyl sites for hydroxylation is 1. The van der Waals surface area contributed by atoms with Gasteiger partial charge in [-0.25, -0.2) is 13.1 Å². The second-order valence-electron chi connectivity index (χ2n) is 4.16. The molecule has 2 heterocycles. The van der Waals surface area contributed by atoms with Gasteiger partial charge in [0.15, 0.2) is 0 Å². The van der Waals surface area contributed by atoms with Crippen LogP contribution in [0.15, 0.2) is 4.42 Å². The lowest BCUT2D eigenvalue weighted by Crippen LogP contribution is -2.40. The molecule has 1 saturated heterocycles. The number of hydrogen-bond acceptors (Lipinski definition) is 6. The third kappa shape index (κ3) is 3.67. The second kappa shape index (κ2) is 5.01. The zero-order valence-corrected chi connectivity index (χ0v) is 10.5. The Kier molecular flexibility index (Phi) is 3.63. The number of hydrogen-bond donors (Lipinski definition) is 2. The molecule has 96 valence electrons. The summed E-state index contributed by atoms with van der Waals surface area (Å²) in [5.74, 6) is 0.368. The van der Waals surface area contributed by atoms with Crippen LogP contribution in [-0.4, -0.2) is 37.0 Å². The summed E-state index contributed by atoms with van der Waals surface area (Å²) in [7, 11) is -3.43. The van der Waals surface area contributed by atoms with E-state index in [0.29, 0.717) is 5.89 Å². The van der Waals surface area contributed by atoms with Crippen LogP contribution in [0.4, 0.5) is 6.01 Å². The zero-order valence-electron chi connectivity index (χ0n) is 9.64. The van der Waals surface area contributed by atoms with E-state index < -0.39 is 10.0 Å². The molecule has 1 aromatic rings. The third-order valence-electron chi connectivity index (χ3n) is 2.60. The van der Waals surface area contributed by atoms with E-state index in [1.165, 1.54) is 0 Å². The summed E-state index contributed by atoms with van der Waals surface area (Å²) >= 11 is 0. The summed E-state index contributed by atoms with van der Waals surface area (Å²) in [5.41, 5.74) is 0. The van der Waals surface area contributed by atoms with E-state index >= 15 is 0 Å². The van der Waals surface area contributed by atoms with Gasteiger partial charge in [-0.1, -0.05) is 11.5 Å². The fourth-order valence-corrected chi connectivity index (χ4v) is 3.09. The van der Waals surface area contributed by atoms with Gasteiger partial charge in [0.1, 0.15) is 0 Å². The summed E-state index contributed by atoms with van der Waals surface area (Å²) in [6, 6.07) is -0.0661. The molecular formula is C9H16N4O3S. The van der Waals surface area contributed by atoms with Crippen molar-refractivity contribution in [3.8, 4) is 0 Å². The number of nitrogens with zero attached hydrogens (tertiary/aromatic N) is 2. The summed E-state index contributed by atoms with van der Waals surface area (Å²) < 4.78 is 30.9. The molecule has 0 saturated carbocycles. The Bertz CT molecular complexity index is 464. The Morgan fingerprint density at radius 3 is 2.88 bits per heavy atom. The van der Waals surface area contributed by atoms with E-state index in [9.17, 15) is 8.42 Å². The Labute approximate surface area is 100 Å². The van der Waals surface area contributed by atoms with Crippen LogP contribution in [0.1, 0.15) is 25.2 Å². The van der Waals surface area contributed by atoms with Gasteiger partial charge in [-0.05, 0) is 19.4 Å². The lowest BCUT2D eigenvalue weighted by atomic mass is 10.1. The highest BCUT2D eigenvalue weighted by Crippen LogP contribution is 2.12. The topological polar surface area (TPSA) is 97.1 Å². The van der Waals surface area contributed by atoms with Crippen LogP contribution in [0, 0.1) is 6.92 Å². The Hall–Kier alpha value is -1.15. The molecule has 0 radical (unpaired) electrons. The highest BCUT2D eigenvalue weighted by atomic mass is 32.2. The van der Waals surface area contributed by atoms with Gasteiger partial charge in [-0.15, -0.1) is 5.10 Å². The maximum atomic E-state index is 11.8. The first-order valence-electron chi connectivity index (χ1n) is 5.59. The minimum absolute atomic E-state index is 0.00488. The first-order valence-corrected chi connectivity index (χ1v) is 7.24. The van der Waals surface area contributed by atoms with E-state index in [1.54, 1.807) is 6.92 Å². The first kappa shape index (κ1) is 12.3. The molecule has 8 heteroatoms. The van der Waals surface area contributed by atoms with Gasteiger partial charge in [0, 0.05) is 13.0 Å². The smallest absolute Gasteiger partial charge is 0.329 e. The molecule has 0 aromatic carbocycles. The zero-order chi connectivity index (χ0) is 12.3. The summed E-state index contributed by atoms with van der Waals surface area (Å²) in [6.07, 6.45) is 3.05. The fourth-order valence-electron chi connectivity index (χ4n) is 1.84. The van der Waals surface area contributed by atoms with Crippen LogP contribution >= 0.6 is 0 Å². The van der Waals surface area contributed by atoms with Crippen molar-refractivity contribution in [2.24, 2.45) is 0 Å². The van der Waals surface area contributed by atoms with E-state index in [4.69, 9.17) is 4.42 Å². The number of sulfonamides is 1. The number of aromatic nitrogens is 2. The highest BCUT2D eigenvalue weighted by Gasteiger charge is 2.22. The molecule has 1 unspecified atom stereocenters. The van der Waals surface area contributed by atoms with Gasteiger partial charge in [0.05, 0.1) is 5.75 Å². The monoisotopic (exact) mass is 260 g/mol. The number of nitrogens with one attached hydrogen (secondary N) is 2. The SMILES string of the molecule is Cc1nnc(NS(=O)(=O)CC2CCCCN2)o1. The van der Waals surface area contributed by atoms with Gasteiger partial charge >= 0.3 is 6.01 Å². The molecular weight excluding hydrogens is 244 g/mol. The lowest BCUT2D eigenvalue weighted by Gasteiger charge is -2.22. The van der Waals surface area contributed by atoms with Crippen LogP contribution in [0.25, 0.3) is 0 Å². The summed E-state index contributed by atoms with van der Waals surface area (Å²) in [5, 5.41) is 10.3. The third-order valence-corrected chi connectivity index (χ3v) is 3.93. The van der Waals surface area contributed by atoms with E-state index in [1.807, 2.05) is 0 Å². The van der Waals surface area contributed by atoms with E-state index in [0.717, 1.165) is 25.8 Å². The highest BCUT2D eigenvalue weighted by molar-refractivity contribution is 7.92. The van der Waals surface area contributed by atoms with Crippen molar-refractivity contribution in [3.63, 3.8) is 0 Å². The molecule has 7 nitrogen and oxygen atoms in total. The van der Waals surface area contributed by atoms with Crippen LogP contribution < -0.4 is 10.0 Å². The van der Waals surface area contributed by atoms with Crippen molar-refractivity contribution in [1.29, 1.82) is 0 Å². The van der Waals surface area contributed by atoms with Crippen LogP contribution in [0.2, 0.25) is 0 Å². The van der Waals surface area contributed by atoms with Crippen LogP contribution in [0.5, 0.6) is 0 Å². The molecule has 1 atom stereocenters. The molecule has 0 aliphatic carbocycles. The Balaban J connectivity index is 1.94. The van der Waals surface area contributed by atoms with Crippen molar-refractivity contribution in [2.45, 2.75) is 32.2 Å². The van der Waals surface area contributed by atoms with Gasteiger partial charge in [0.25, 0.3) is 0 Å². The van der Waals surface area contributed by atoms with Gasteiger partial charge in [0.2, 0.25) is 15.9 Å². The number of anilines is 1. The minimum atomic E-state index is -3.43.